The lowest BCUT2D eigenvalue weighted by atomic mass is 9.93. The third-order valence-electron chi connectivity index (χ3n) is 4.38. The number of amides is 1. The lowest BCUT2D eigenvalue weighted by molar-refractivity contribution is -0.137. The molecule has 1 unspecified atom stereocenters. The summed E-state index contributed by atoms with van der Waals surface area (Å²) < 4.78 is 0. The summed E-state index contributed by atoms with van der Waals surface area (Å²) in [5.74, 6) is -0.558. The minimum atomic E-state index is -0.774. The Morgan fingerprint density at radius 3 is 2.83 bits per heavy atom. The number of carboxylic acids is 1. The van der Waals surface area contributed by atoms with E-state index in [2.05, 4.69) is 4.98 Å². The number of hydrogen-bond acceptors (Lipinski definition) is 4. The molecule has 3 rings (SSSR count). The molecule has 0 radical (unpaired) electrons. The number of carbonyl (C=O) groups excluding carboxylic acids is 1. The molecule has 1 amide bonds. The fraction of sp³-hybridized carbons (Fsp3) is 0.389. The van der Waals surface area contributed by atoms with E-state index in [4.69, 9.17) is 5.11 Å². The highest BCUT2D eigenvalue weighted by Crippen LogP contribution is 2.30. The van der Waals surface area contributed by atoms with E-state index in [1.165, 1.54) is 11.3 Å². The average Bonchev–Trinajstić information content (AvgIpc) is 3.10. The van der Waals surface area contributed by atoms with E-state index in [1.807, 2.05) is 35.2 Å². The largest absolute Gasteiger partial charge is 0.481 e. The van der Waals surface area contributed by atoms with Crippen LogP contribution in [0.15, 0.2) is 35.8 Å². The minimum Gasteiger partial charge on any atom is -0.481 e. The number of rotatable bonds is 5. The fourth-order valence-corrected chi connectivity index (χ4v) is 3.94. The first-order valence-electron chi connectivity index (χ1n) is 8.15. The molecule has 1 aliphatic heterocycles. The van der Waals surface area contributed by atoms with E-state index in [1.54, 1.807) is 5.51 Å². The van der Waals surface area contributed by atoms with Gasteiger partial charge < -0.3 is 10.0 Å². The Balaban J connectivity index is 1.73. The second-order valence-corrected chi connectivity index (χ2v) is 6.94. The molecule has 0 aliphatic carbocycles. The zero-order valence-electron chi connectivity index (χ0n) is 13.4. The number of hydrogen-bond donors (Lipinski definition) is 1. The number of aromatic nitrogens is 1. The van der Waals surface area contributed by atoms with Gasteiger partial charge in [-0.3, -0.25) is 9.59 Å². The first-order valence-corrected chi connectivity index (χ1v) is 9.03. The predicted molar refractivity (Wildman–Crippen MR) is 93.0 cm³/mol. The van der Waals surface area contributed by atoms with Crippen molar-refractivity contribution in [1.82, 2.24) is 9.88 Å². The number of piperidine rings is 1. The Hall–Kier alpha value is -2.21. The van der Waals surface area contributed by atoms with Crippen LogP contribution in [0.25, 0.3) is 10.4 Å². The summed E-state index contributed by atoms with van der Waals surface area (Å²) in [6.07, 6.45) is 2.70. The van der Waals surface area contributed by atoms with E-state index in [0.29, 0.717) is 25.2 Å². The number of aliphatic carboxylic acids is 1. The number of benzene rings is 1. The summed E-state index contributed by atoms with van der Waals surface area (Å²) >= 11 is 1.47. The van der Waals surface area contributed by atoms with E-state index < -0.39 is 5.97 Å². The van der Waals surface area contributed by atoms with E-state index >= 15 is 0 Å². The van der Waals surface area contributed by atoms with Crippen molar-refractivity contribution in [3.8, 4) is 10.4 Å². The van der Waals surface area contributed by atoms with Crippen molar-refractivity contribution < 1.29 is 14.7 Å². The molecule has 0 spiro atoms. The number of thiazole rings is 1. The fourth-order valence-electron chi connectivity index (χ4n) is 3.16. The van der Waals surface area contributed by atoms with Crippen molar-refractivity contribution >= 4 is 23.2 Å². The highest BCUT2D eigenvalue weighted by atomic mass is 32.1. The molecular formula is C18H20N2O3S. The van der Waals surface area contributed by atoms with Crippen LogP contribution in [-0.2, 0) is 4.79 Å². The highest BCUT2D eigenvalue weighted by molar-refractivity contribution is 7.13. The molecule has 1 saturated heterocycles. The first kappa shape index (κ1) is 16.6. The predicted octanol–water partition coefficient (Wildman–Crippen LogP) is 3.53. The number of likely N-dealkylation sites (tertiary alicyclic amines) is 1. The van der Waals surface area contributed by atoms with Crippen molar-refractivity contribution in [2.24, 2.45) is 5.92 Å². The Morgan fingerprint density at radius 1 is 1.29 bits per heavy atom. The second-order valence-electron chi connectivity index (χ2n) is 6.09. The molecule has 1 fully saturated rings. The summed E-state index contributed by atoms with van der Waals surface area (Å²) in [6.45, 7) is 1.34. The Kier molecular flexibility index (Phi) is 5.25. The molecular weight excluding hydrogens is 324 g/mol. The van der Waals surface area contributed by atoms with Crippen LogP contribution < -0.4 is 0 Å². The second kappa shape index (κ2) is 7.57. The summed E-state index contributed by atoms with van der Waals surface area (Å²) in [5, 5.41) is 8.84. The molecule has 1 atom stereocenters. The van der Waals surface area contributed by atoms with Gasteiger partial charge in [-0.25, -0.2) is 4.98 Å². The van der Waals surface area contributed by atoms with Crippen LogP contribution in [0.3, 0.4) is 0 Å². The smallest absolute Gasteiger partial charge is 0.303 e. The molecule has 1 N–H and O–H groups in total. The molecule has 1 aromatic carbocycles. The van der Waals surface area contributed by atoms with Crippen LogP contribution in [0.4, 0.5) is 0 Å². The van der Waals surface area contributed by atoms with Crippen LogP contribution in [0.5, 0.6) is 0 Å². The summed E-state index contributed by atoms with van der Waals surface area (Å²) in [6, 6.07) is 9.81. The third kappa shape index (κ3) is 3.82. The molecule has 2 heterocycles. The van der Waals surface area contributed by atoms with Crippen LogP contribution in [0.2, 0.25) is 0 Å². The van der Waals surface area contributed by atoms with Gasteiger partial charge in [-0.1, -0.05) is 30.3 Å². The maximum absolute atomic E-state index is 12.9. The Bertz CT molecular complexity index is 714. The summed E-state index contributed by atoms with van der Waals surface area (Å²) in [5.41, 5.74) is 3.22. The molecule has 0 saturated carbocycles. The van der Waals surface area contributed by atoms with Crippen molar-refractivity contribution in [2.45, 2.75) is 25.7 Å². The summed E-state index contributed by atoms with van der Waals surface area (Å²) in [7, 11) is 0. The van der Waals surface area contributed by atoms with Gasteiger partial charge in [-0.05, 0) is 30.7 Å². The van der Waals surface area contributed by atoms with Gasteiger partial charge in [0.1, 0.15) is 5.69 Å². The Labute approximate surface area is 145 Å². The molecule has 2 aromatic rings. The van der Waals surface area contributed by atoms with Gasteiger partial charge in [0, 0.05) is 19.5 Å². The van der Waals surface area contributed by atoms with Crippen molar-refractivity contribution in [3.63, 3.8) is 0 Å². The van der Waals surface area contributed by atoms with Crippen molar-refractivity contribution in [2.75, 3.05) is 13.1 Å². The SMILES string of the molecule is O=C(O)CCC1CCCN(C(=O)c2ncsc2-c2ccccc2)C1. The molecule has 6 heteroatoms. The lowest BCUT2D eigenvalue weighted by Crippen LogP contribution is -2.40. The van der Waals surface area contributed by atoms with Gasteiger partial charge >= 0.3 is 5.97 Å². The van der Waals surface area contributed by atoms with Gasteiger partial charge in [0.2, 0.25) is 0 Å². The lowest BCUT2D eigenvalue weighted by Gasteiger charge is -2.32. The monoisotopic (exact) mass is 344 g/mol. The number of nitrogens with zero attached hydrogens (tertiary/aromatic N) is 2. The molecule has 5 nitrogen and oxygen atoms in total. The topological polar surface area (TPSA) is 70.5 Å². The number of carbonyl (C=O) groups is 2. The van der Waals surface area contributed by atoms with E-state index in [9.17, 15) is 9.59 Å². The highest BCUT2D eigenvalue weighted by Gasteiger charge is 2.27. The van der Waals surface area contributed by atoms with Gasteiger partial charge in [0.15, 0.2) is 0 Å². The quantitative estimate of drug-likeness (QED) is 0.901. The normalized spacial score (nSPS) is 17.7. The molecule has 126 valence electrons. The molecule has 1 aromatic heterocycles. The van der Waals surface area contributed by atoms with Gasteiger partial charge in [-0.2, -0.15) is 0 Å². The van der Waals surface area contributed by atoms with Crippen LogP contribution in [0, 0.1) is 5.92 Å². The van der Waals surface area contributed by atoms with Crippen LogP contribution in [-0.4, -0.2) is 40.0 Å². The van der Waals surface area contributed by atoms with Crippen molar-refractivity contribution in [1.29, 1.82) is 0 Å². The van der Waals surface area contributed by atoms with E-state index in [-0.39, 0.29) is 18.2 Å². The molecule has 0 bridgehead atoms. The van der Waals surface area contributed by atoms with Crippen LogP contribution in [0.1, 0.15) is 36.2 Å². The zero-order chi connectivity index (χ0) is 16.9. The van der Waals surface area contributed by atoms with Gasteiger partial charge in [0.05, 0.1) is 10.4 Å². The van der Waals surface area contributed by atoms with Gasteiger partial charge in [0.25, 0.3) is 5.91 Å². The number of carboxylic acid groups (broad SMARTS) is 1. The van der Waals surface area contributed by atoms with Crippen LogP contribution >= 0.6 is 11.3 Å². The van der Waals surface area contributed by atoms with Gasteiger partial charge in [-0.15, -0.1) is 11.3 Å². The first-order chi connectivity index (χ1) is 11.6. The molecule has 1 aliphatic rings. The maximum Gasteiger partial charge on any atom is 0.303 e. The Morgan fingerprint density at radius 2 is 2.08 bits per heavy atom. The summed E-state index contributed by atoms with van der Waals surface area (Å²) in [4.78, 5) is 30.7. The van der Waals surface area contributed by atoms with Crippen molar-refractivity contribution in [3.05, 3.63) is 41.5 Å². The van der Waals surface area contributed by atoms with E-state index in [0.717, 1.165) is 23.3 Å². The molecule has 24 heavy (non-hydrogen) atoms. The maximum atomic E-state index is 12.9. The minimum absolute atomic E-state index is 0.0462. The zero-order valence-corrected chi connectivity index (χ0v) is 14.2. The third-order valence-corrected chi connectivity index (χ3v) is 5.25. The standard InChI is InChI=1S/C18H20N2O3S/c21-15(22)9-8-13-5-4-10-20(11-13)18(23)16-17(24-12-19-16)14-6-2-1-3-7-14/h1-3,6-7,12-13H,4-5,8-11H2,(H,21,22). The average molecular weight is 344 g/mol.